The summed E-state index contributed by atoms with van der Waals surface area (Å²) in [6.07, 6.45) is 4.93. The van der Waals surface area contributed by atoms with Crippen LogP contribution in [-0.4, -0.2) is 39.0 Å². The Hall–Kier alpha value is -0.120. The van der Waals surface area contributed by atoms with Gasteiger partial charge < -0.3 is 14.8 Å². The molecular weight excluding hydrogens is 202 g/mol. The molecule has 1 rings (SSSR count). The van der Waals surface area contributed by atoms with Gasteiger partial charge in [0, 0.05) is 25.8 Å². The molecule has 0 saturated carbocycles. The van der Waals surface area contributed by atoms with Crippen molar-refractivity contribution in [3.63, 3.8) is 0 Å². The van der Waals surface area contributed by atoms with Crippen LogP contribution in [-0.2, 0) is 9.47 Å². The Morgan fingerprint density at radius 1 is 1.50 bits per heavy atom. The quantitative estimate of drug-likeness (QED) is 0.692. The van der Waals surface area contributed by atoms with E-state index in [2.05, 4.69) is 19.2 Å². The Morgan fingerprint density at radius 2 is 2.31 bits per heavy atom. The lowest BCUT2D eigenvalue weighted by Gasteiger charge is -2.26. The van der Waals surface area contributed by atoms with Crippen molar-refractivity contribution in [3.8, 4) is 0 Å². The highest BCUT2D eigenvalue weighted by molar-refractivity contribution is 4.79. The molecule has 0 bridgehead atoms. The minimum absolute atomic E-state index is 0.501. The summed E-state index contributed by atoms with van der Waals surface area (Å²) in [5.41, 5.74) is 0. The first-order chi connectivity index (χ1) is 7.77. The molecule has 0 amide bonds. The zero-order chi connectivity index (χ0) is 11.8. The molecule has 1 fully saturated rings. The first-order valence-corrected chi connectivity index (χ1v) is 6.60. The van der Waals surface area contributed by atoms with E-state index in [9.17, 15) is 0 Å². The number of hydrogen-bond acceptors (Lipinski definition) is 3. The van der Waals surface area contributed by atoms with Crippen LogP contribution in [0.1, 0.15) is 39.5 Å². The third-order valence-corrected chi connectivity index (χ3v) is 3.44. The molecular formula is C13H27NO2. The number of rotatable bonds is 8. The molecule has 96 valence electrons. The largest absolute Gasteiger partial charge is 0.383 e. The summed E-state index contributed by atoms with van der Waals surface area (Å²) in [5, 5.41) is 3.69. The SMILES string of the molecule is CCCCC(COC)NC(C)C1CCOC1. The van der Waals surface area contributed by atoms with Crippen molar-refractivity contribution in [3.05, 3.63) is 0 Å². The molecule has 0 aromatic carbocycles. The molecule has 1 N–H and O–H groups in total. The van der Waals surface area contributed by atoms with Gasteiger partial charge in [-0.3, -0.25) is 0 Å². The van der Waals surface area contributed by atoms with E-state index in [0.29, 0.717) is 18.0 Å². The lowest BCUT2D eigenvalue weighted by atomic mass is 9.99. The van der Waals surface area contributed by atoms with Crippen LogP contribution in [0.15, 0.2) is 0 Å². The molecule has 16 heavy (non-hydrogen) atoms. The first-order valence-electron chi connectivity index (χ1n) is 6.60. The number of hydrogen-bond donors (Lipinski definition) is 1. The number of ether oxygens (including phenoxy) is 2. The van der Waals surface area contributed by atoms with Crippen LogP contribution in [0.2, 0.25) is 0 Å². The van der Waals surface area contributed by atoms with Crippen molar-refractivity contribution in [1.82, 2.24) is 5.32 Å². The highest BCUT2D eigenvalue weighted by atomic mass is 16.5. The van der Waals surface area contributed by atoms with Crippen LogP contribution in [0.3, 0.4) is 0 Å². The Labute approximate surface area is 99.9 Å². The van der Waals surface area contributed by atoms with Gasteiger partial charge in [0.25, 0.3) is 0 Å². The van der Waals surface area contributed by atoms with Crippen molar-refractivity contribution >= 4 is 0 Å². The smallest absolute Gasteiger partial charge is 0.0615 e. The van der Waals surface area contributed by atoms with Crippen LogP contribution in [0.5, 0.6) is 0 Å². The van der Waals surface area contributed by atoms with Gasteiger partial charge in [0.15, 0.2) is 0 Å². The topological polar surface area (TPSA) is 30.5 Å². The standard InChI is InChI=1S/C13H27NO2/c1-4-5-6-13(10-15-3)14-11(2)12-7-8-16-9-12/h11-14H,4-10H2,1-3H3. The van der Waals surface area contributed by atoms with Crippen LogP contribution in [0.4, 0.5) is 0 Å². The summed E-state index contributed by atoms with van der Waals surface area (Å²) in [6, 6.07) is 1.04. The fourth-order valence-electron chi connectivity index (χ4n) is 2.32. The Morgan fingerprint density at radius 3 is 2.88 bits per heavy atom. The molecule has 3 atom stereocenters. The van der Waals surface area contributed by atoms with Crippen LogP contribution < -0.4 is 5.32 Å². The maximum Gasteiger partial charge on any atom is 0.0615 e. The van der Waals surface area contributed by atoms with E-state index in [0.717, 1.165) is 19.8 Å². The van der Waals surface area contributed by atoms with Gasteiger partial charge in [0.05, 0.1) is 13.2 Å². The van der Waals surface area contributed by atoms with Crippen molar-refractivity contribution < 1.29 is 9.47 Å². The van der Waals surface area contributed by atoms with E-state index in [1.165, 1.54) is 25.7 Å². The van der Waals surface area contributed by atoms with Gasteiger partial charge >= 0.3 is 0 Å². The first kappa shape index (κ1) is 13.9. The third-order valence-electron chi connectivity index (χ3n) is 3.44. The van der Waals surface area contributed by atoms with Gasteiger partial charge in [-0.2, -0.15) is 0 Å². The third kappa shape index (κ3) is 4.81. The summed E-state index contributed by atoms with van der Waals surface area (Å²) in [7, 11) is 1.78. The second-order valence-corrected chi connectivity index (χ2v) is 4.87. The van der Waals surface area contributed by atoms with Crippen LogP contribution in [0.25, 0.3) is 0 Å². The summed E-state index contributed by atoms with van der Waals surface area (Å²) in [4.78, 5) is 0. The van der Waals surface area contributed by atoms with E-state index in [1.807, 2.05) is 0 Å². The van der Waals surface area contributed by atoms with Gasteiger partial charge in [-0.05, 0) is 25.7 Å². The molecule has 1 saturated heterocycles. The average Bonchev–Trinajstić information content (AvgIpc) is 2.79. The highest BCUT2D eigenvalue weighted by Gasteiger charge is 2.23. The average molecular weight is 229 g/mol. The molecule has 1 heterocycles. The fraction of sp³-hybridized carbons (Fsp3) is 1.00. The van der Waals surface area contributed by atoms with E-state index >= 15 is 0 Å². The molecule has 0 aromatic heterocycles. The number of nitrogens with one attached hydrogen (secondary N) is 1. The lowest BCUT2D eigenvalue weighted by molar-refractivity contribution is 0.143. The fourth-order valence-corrected chi connectivity index (χ4v) is 2.32. The van der Waals surface area contributed by atoms with Crippen LogP contribution >= 0.6 is 0 Å². The molecule has 0 aromatic rings. The minimum atomic E-state index is 0.501. The summed E-state index contributed by atoms with van der Waals surface area (Å²) < 4.78 is 10.7. The molecule has 0 radical (unpaired) electrons. The van der Waals surface area contributed by atoms with Gasteiger partial charge in [-0.1, -0.05) is 19.8 Å². The minimum Gasteiger partial charge on any atom is -0.383 e. The van der Waals surface area contributed by atoms with Gasteiger partial charge in [-0.15, -0.1) is 0 Å². The maximum atomic E-state index is 5.43. The summed E-state index contributed by atoms with van der Waals surface area (Å²) in [6.45, 7) is 7.17. The second-order valence-electron chi connectivity index (χ2n) is 4.87. The zero-order valence-electron chi connectivity index (χ0n) is 11.0. The van der Waals surface area contributed by atoms with E-state index in [1.54, 1.807) is 7.11 Å². The van der Waals surface area contributed by atoms with E-state index in [-0.39, 0.29) is 0 Å². The Kier molecular flexibility index (Phi) is 7.01. The van der Waals surface area contributed by atoms with Crippen LogP contribution in [0, 0.1) is 5.92 Å². The molecule has 0 aliphatic carbocycles. The molecule has 0 spiro atoms. The number of unbranched alkanes of at least 4 members (excludes halogenated alkanes) is 1. The normalized spacial score (nSPS) is 24.6. The summed E-state index contributed by atoms with van der Waals surface area (Å²) >= 11 is 0. The van der Waals surface area contributed by atoms with Gasteiger partial charge in [0.2, 0.25) is 0 Å². The van der Waals surface area contributed by atoms with Crippen molar-refractivity contribution in [1.29, 1.82) is 0 Å². The van der Waals surface area contributed by atoms with E-state index < -0.39 is 0 Å². The van der Waals surface area contributed by atoms with E-state index in [4.69, 9.17) is 9.47 Å². The molecule has 1 aliphatic heterocycles. The second kappa shape index (κ2) is 8.04. The molecule has 3 nitrogen and oxygen atoms in total. The predicted molar refractivity (Wildman–Crippen MR) is 66.7 cm³/mol. The van der Waals surface area contributed by atoms with Crippen molar-refractivity contribution in [2.75, 3.05) is 26.9 Å². The van der Waals surface area contributed by atoms with Crippen molar-refractivity contribution in [2.45, 2.75) is 51.6 Å². The molecule has 3 heteroatoms. The Bertz CT molecular complexity index is 169. The molecule has 1 aliphatic rings. The highest BCUT2D eigenvalue weighted by Crippen LogP contribution is 2.17. The molecule has 3 unspecified atom stereocenters. The maximum absolute atomic E-state index is 5.43. The van der Waals surface area contributed by atoms with Crippen molar-refractivity contribution in [2.24, 2.45) is 5.92 Å². The summed E-state index contributed by atoms with van der Waals surface area (Å²) in [5.74, 6) is 0.681. The Balaban J connectivity index is 2.27. The lowest BCUT2D eigenvalue weighted by Crippen LogP contribution is -2.43. The van der Waals surface area contributed by atoms with Gasteiger partial charge in [-0.25, -0.2) is 0 Å². The monoisotopic (exact) mass is 229 g/mol. The predicted octanol–water partition coefficient (Wildman–Crippen LogP) is 2.21. The zero-order valence-corrected chi connectivity index (χ0v) is 11.0. The number of methoxy groups -OCH3 is 1. The van der Waals surface area contributed by atoms with Gasteiger partial charge in [0.1, 0.15) is 0 Å².